The Morgan fingerprint density at radius 2 is 1.73 bits per heavy atom. The molecule has 4 nitrogen and oxygen atoms in total. The van der Waals surface area contributed by atoms with Crippen LogP contribution >= 0.6 is 11.6 Å². The number of hydrogen-bond donors (Lipinski definition) is 1. The molecule has 1 N–H and O–H groups in total. The summed E-state index contributed by atoms with van der Waals surface area (Å²) in [4.78, 5) is 15.1. The van der Waals surface area contributed by atoms with E-state index in [9.17, 15) is 4.79 Å². The van der Waals surface area contributed by atoms with Gasteiger partial charge in [-0.2, -0.15) is 0 Å². The molecule has 30 heavy (non-hydrogen) atoms. The van der Waals surface area contributed by atoms with Crippen molar-refractivity contribution in [2.75, 3.05) is 5.32 Å². The first kappa shape index (κ1) is 22.0. The minimum atomic E-state index is -0.0734. The predicted molar refractivity (Wildman–Crippen MR) is 125 cm³/mol. The number of nitrogens with zero attached hydrogens (tertiary/aromatic N) is 2. The average molecular weight is 424 g/mol. The van der Waals surface area contributed by atoms with Gasteiger partial charge in [0, 0.05) is 35.2 Å². The van der Waals surface area contributed by atoms with Crippen LogP contribution in [0.5, 0.6) is 0 Å². The van der Waals surface area contributed by atoms with E-state index < -0.39 is 0 Å². The summed E-state index contributed by atoms with van der Waals surface area (Å²) in [6.07, 6.45) is 3.80. The van der Waals surface area contributed by atoms with E-state index in [1.54, 1.807) is 0 Å². The second-order valence-electron chi connectivity index (χ2n) is 7.54. The van der Waals surface area contributed by atoms with Crippen molar-refractivity contribution < 1.29 is 4.79 Å². The lowest BCUT2D eigenvalue weighted by atomic mass is 10.1. The molecule has 158 valence electrons. The molecule has 0 aliphatic heterocycles. The molecule has 0 saturated heterocycles. The zero-order chi connectivity index (χ0) is 21.5. The Morgan fingerprint density at radius 3 is 2.43 bits per heavy atom. The molecule has 1 aromatic heterocycles. The number of para-hydroxylation sites is 1. The second kappa shape index (κ2) is 10.4. The molecule has 0 bridgehead atoms. The van der Waals surface area contributed by atoms with E-state index in [2.05, 4.69) is 42.8 Å². The van der Waals surface area contributed by atoms with Gasteiger partial charge >= 0.3 is 6.03 Å². The number of benzene rings is 2. The highest BCUT2D eigenvalue weighted by Crippen LogP contribution is 2.21. The fourth-order valence-corrected chi connectivity index (χ4v) is 3.71. The van der Waals surface area contributed by atoms with Crippen LogP contribution in [0.3, 0.4) is 0 Å². The van der Waals surface area contributed by atoms with E-state index >= 15 is 0 Å². The molecule has 5 heteroatoms. The third-order valence-corrected chi connectivity index (χ3v) is 5.95. The monoisotopic (exact) mass is 423 g/mol. The summed E-state index contributed by atoms with van der Waals surface area (Å²) < 4.78 is 2.16. The number of halogens is 1. The topological polar surface area (TPSA) is 37.3 Å². The van der Waals surface area contributed by atoms with Crippen molar-refractivity contribution in [1.29, 1.82) is 0 Å². The lowest BCUT2D eigenvalue weighted by Crippen LogP contribution is -2.41. The largest absolute Gasteiger partial charge is 0.345 e. The zero-order valence-electron chi connectivity index (χ0n) is 17.9. The summed E-state index contributed by atoms with van der Waals surface area (Å²) in [5, 5.41) is 3.88. The lowest BCUT2D eigenvalue weighted by molar-refractivity contribution is 0.185. The van der Waals surface area contributed by atoms with Crippen LogP contribution in [0.25, 0.3) is 0 Å². The van der Waals surface area contributed by atoms with Crippen molar-refractivity contribution in [3.8, 4) is 0 Å². The van der Waals surface area contributed by atoms with Gasteiger partial charge in [-0.25, -0.2) is 4.79 Å². The SMILES string of the molecule is CCc1ccccc1NC(=O)N(Cc1cccn1Cc1ccccc1Cl)[C@H](C)CC. The normalized spacial score (nSPS) is 11.9. The van der Waals surface area contributed by atoms with Gasteiger partial charge in [-0.05, 0) is 55.2 Å². The standard InChI is InChI=1S/C25H30ClN3O/c1-4-19(3)29(25(30)27-24-15-9-7-11-20(24)5-2)18-22-13-10-16-28(22)17-21-12-6-8-14-23(21)26/h6-16,19H,4-5,17-18H2,1-3H3,(H,27,30)/t19-/m1/s1. The van der Waals surface area contributed by atoms with Crippen LogP contribution in [-0.2, 0) is 19.5 Å². The summed E-state index contributed by atoms with van der Waals surface area (Å²) in [5.74, 6) is 0. The van der Waals surface area contributed by atoms with Crippen LogP contribution in [0.15, 0.2) is 66.9 Å². The highest BCUT2D eigenvalue weighted by Gasteiger charge is 2.21. The van der Waals surface area contributed by atoms with E-state index in [0.717, 1.165) is 40.4 Å². The number of carbonyl (C=O) groups excluding carboxylic acids is 1. The van der Waals surface area contributed by atoms with Crippen LogP contribution in [-0.4, -0.2) is 21.5 Å². The highest BCUT2D eigenvalue weighted by molar-refractivity contribution is 6.31. The Morgan fingerprint density at radius 1 is 1.03 bits per heavy atom. The number of anilines is 1. The van der Waals surface area contributed by atoms with Gasteiger partial charge in [0.1, 0.15) is 0 Å². The molecule has 3 aromatic rings. The van der Waals surface area contributed by atoms with Gasteiger partial charge in [-0.3, -0.25) is 0 Å². The quantitative estimate of drug-likeness (QED) is 0.436. The summed E-state index contributed by atoms with van der Waals surface area (Å²) in [7, 11) is 0. The van der Waals surface area contributed by atoms with Crippen LogP contribution in [0, 0.1) is 0 Å². The van der Waals surface area contributed by atoms with E-state index in [4.69, 9.17) is 11.6 Å². The first-order chi connectivity index (χ1) is 14.5. The van der Waals surface area contributed by atoms with Gasteiger partial charge in [-0.15, -0.1) is 0 Å². The maximum absolute atomic E-state index is 13.2. The van der Waals surface area contributed by atoms with Crippen LogP contribution < -0.4 is 5.32 Å². The van der Waals surface area contributed by atoms with E-state index in [-0.39, 0.29) is 12.1 Å². The molecular weight excluding hydrogens is 394 g/mol. The number of amides is 2. The van der Waals surface area contributed by atoms with Gasteiger partial charge in [0.05, 0.1) is 6.54 Å². The molecule has 0 aliphatic rings. The third-order valence-electron chi connectivity index (χ3n) is 5.58. The second-order valence-corrected chi connectivity index (χ2v) is 7.95. The van der Waals surface area contributed by atoms with Crippen molar-refractivity contribution in [2.45, 2.75) is 52.7 Å². The van der Waals surface area contributed by atoms with Crippen LogP contribution in [0.2, 0.25) is 5.02 Å². The molecule has 2 amide bonds. The minimum absolute atomic E-state index is 0.0734. The first-order valence-corrected chi connectivity index (χ1v) is 10.9. The Hall–Kier alpha value is -2.72. The molecule has 0 saturated carbocycles. The van der Waals surface area contributed by atoms with E-state index in [0.29, 0.717) is 13.1 Å². The third kappa shape index (κ3) is 5.25. The molecule has 0 aliphatic carbocycles. The Kier molecular flexibility index (Phi) is 7.58. The van der Waals surface area contributed by atoms with Crippen LogP contribution in [0.4, 0.5) is 10.5 Å². The van der Waals surface area contributed by atoms with Gasteiger partial charge in [0.2, 0.25) is 0 Å². The number of urea groups is 1. The molecule has 0 fully saturated rings. The minimum Gasteiger partial charge on any atom is -0.345 e. The lowest BCUT2D eigenvalue weighted by Gasteiger charge is -2.29. The van der Waals surface area contributed by atoms with Crippen LogP contribution in [0.1, 0.15) is 44.0 Å². The molecule has 0 spiro atoms. The van der Waals surface area contributed by atoms with Gasteiger partial charge in [0.15, 0.2) is 0 Å². The number of carbonyl (C=O) groups is 1. The van der Waals surface area contributed by atoms with Crippen molar-refractivity contribution >= 4 is 23.3 Å². The number of nitrogens with one attached hydrogen (secondary N) is 1. The van der Waals surface area contributed by atoms with E-state index in [1.165, 1.54) is 0 Å². The Balaban J connectivity index is 1.80. The summed E-state index contributed by atoms with van der Waals surface area (Å²) in [6.45, 7) is 7.50. The molecular formula is C25H30ClN3O. The smallest absolute Gasteiger partial charge is 0.322 e. The number of hydrogen-bond acceptors (Lipinski definition) is 1. The molecule has 3 rings (SSSR count). The number of rotatable bonds is 8. The van der Waals surface area contributed by atoms with Crippen molar-refractivity contribution in [2.24, 2.45) is 0 Å². The maximum Gasteiger partial charge on any atom is 0.322 e. The van der Waals surface area contributed by atoms with E-state index in [1.807, 2.05) is 59.6 Å². The number of aromatic nitrogens is 1. The fourth-order valence-electron chi connectivity index (χ4n) is 3.52. The molecule has 1 atom stereocenters. The summed E-state index contributed by atoms with van der Waals surface area (Å²) >= 11 is 6.35. The summed E-state index contributed by atoms with van der Waals surface area (Å²) in [6, 6.07) is 20.0. The molecule has 2 aromatic carbocycles. The molecule has 1 heterocycles. The zero-order valence-corrected chi connectivity index (χ0v) is 18.7. The van der Waals surface area contributed by atoms with Crippen molar-refractivity contribution in [3.05, 3.63) is 88.7 Å². The number of aryl methyl sites for hydroxylation is 1. The Labute approximate surface area is 184 Å². The van der Waals surface area contributed by atoms with Crippen molar-refractivity contribution in [1.82, 2.24) is 9.47 Å². The average Bonchev–Trinajstić information content (AvgIpc) is 3.20. The van der Waals surface area contributed by atoms with Gasteiger partial charge in [0.25, 0.3) is 0 Å². The summed E-state index contributed by atoms with van der Waals surface area (Å²) in [5.41, 5.74) is 4.16. The van der Waals surface area contributed by atoms with Crippen molar-refractivity contribution in [3.63, 3.8) is 0 Å². The van der Waals surface area contributed by atoms with Gasteiger partial charge < -0.3 is 14.8 Å². The predicted octanol–water partition coefficient (Wildman–Crippen LogP) is 6.58. The maximum atomic E-state index is 13.2. The fraction of sp³-hybridized carbons (Fsp3) is 0.320. The first-order valence-electron chi connectivity index (χ1n) is 10.6. The molecule has 0 unspecified atom stereocenters. The molecule has 0 radical (unpaired) electrons. The van der Waals surface area contributed by atoms with Gasteiger partial charge in [-0.1, -0.05) is 61.8 Å². The highest BCUT2D eigenvalue weighted by atomic mass is 35.5. The Bertz CT molecular complexity index is 982.